The van der Waals surface area contributed by atoms with E-state index in [9.17, 15) is 4.79 Å². The van der Waals surface area contributed by atoms with E-state index >= 15 is 0 Å². The number of hydrogen-bond acceptors (Lipinski definition) is 6. The smallest absolute Gasteiger partial charge is 0.255 e. The van der Waals surface area contributed by atoms with Crippen LogP contribution >= 0.6 is 11.6 Å². The fraction of sp³-hybridized carbons (Fsp3) is 0.130. The zero-order valence-corrected chi connectivity index (χ0v) is 17.8. The molecule has 3 aromatic carbocycles. The second-order valence-corrected chi connectivity index (χ2v) is 7.01. The number of fused-ring (bicyclic) bond motifs is 1. The summed E-state index contributed by atoms with van der Waals surface area (Å²) in [6.07, 6.45) is 0. The SMILES string of the molecule is COc1cc(OC)cc(C(=O)Nc2ccc3oc(-c4ccc(OC)c(Cl)c4)nc3c2)c1. The molecule has 4 aromatic rings. The van der Waals surface area contributed by atoms with Crippen LogP contribution in [0.3, 0.4) is 0 Å². The second-order valence-electron chi connectivity index (χ2n) is 6.61. The quantitative estimate of drug-likeness (QED) is 0.432. The Morgan fingerprint density at radius 1 is 0.935 bits per heavy atom. The van der Waals surface area contributed by atoms with Gasteiger partial charge in [0.1, 0.15) is 22.8 Å². The van der Waals surface area contributed by atoms with Gasteiger partial charge < -0.3 is 23.9 Å². The fourth-order valence-electron chi connectivity index (χ4n) is 3.07. The second kappa shape index (κ2) is 8.57. The summed E-state index contributed by atoms with van der Waals surface area (Å²) in [5.41, 5.74) is 2.89. The van der Waals surface area contributed by atoms with Crippen LogP contribution < -0.4 is 19.5 Å². The van der Waals surface area contributed by atoms with E-state index in [1.807, 2.05) is 6.07 Å². The normalized spacial score (nSPS) is 10.7. The van der Waals surface area contributed by atoms with Gasteiger partial charge in [0, 0.05) is 22.9 Å². The van der Waals surface area contributed by atoms with E-state index < -0.39 is 0 Å². The molecule has 0 saturated heterocycles. The van der Waals surface area contributed by atoms with Crippen LogP contribution in [0.15, 0.2) is 59.0 Å². The van der Waals surface area contributed by atoms with E-state index in [2.05, 4.69) is 10.3 Å². The average Bonchev–Trinajstić information content (AvgIpc) is 3.22. The van der Waals surface area contributed by atoms with E-state index in [1.165, 1.54) is 14.2 Å². The van der Waals surface area contributed by atoms with Gasteiger partial charge in [-0.25, -0.2) is 4.98 Å². The van der Waals surface area contributed by atoms with Crippen LogP contribution in [0.5, 0.6) is 17.2 Å². The fourth-order valence-corrected chi connectivity index (χ4v) is 3.33. The molecule has 0 saturated carbocycles. The highest BCUT2D eigenvalue weighted by Crippen LogP contribution is 2.32. The number of carbonyl (C=O) groups is 1. The molecule has 0 aliphatic rings. The first-order valence-electron chi connectivity index (χ1n) is 9.29. The number of rotatable bonds is 6. The van der Waals surface area contributed by atoms with E-state index in [0.29, 0.717) is 50.5 Å². The number of carbonyl (C=O) groups excluding carboxylic acids is 1. The molecule has 1 N–H and O–H groups in total. The highest BCUT2D eigenvalue weighted by Gasteiger charge is 2.14. The third kappa shape index (κ3) is 4.27. The molecule has 31 heavy (non-hydrogen) atoms. The Labute approximate surface area is 183 Å². The maximum Gasteiger partial charge on any atom is 0.255 e. The van der Waals surface area contributed by atoms with Crippen molar-refractivity contribution in [2.24, 2.45) is 0 Å². The molecule has 158 valence electrons. The van der Waals surface area contributed by atoms with Crippen molar-refractivity contribution in [1.82, 2.24) is 4.98 Å². The van der Waals surface area contributed by atoms with Crippen molar-refractivity contribution in [2.45, 2.75) is 0 Å². The van der Waals surface area contributed by atoms with Gasteiger partial charge >= 0.3 is 0 Å². The van der Waals surface area contributed by atoms with E-state index in [-0.39, 0.29) is 5.91 Å². The van der Waals surface area contributed by atoms with Crippen LogP contribution in [-0.2, 0) is 0 Å². The van der Waals surface area contributed by atoms with Crippen LogP contribution in [0.2, 0.25) is 5.02 Å². The van der Waals surface area contributed by atoms with Gasteiger partial charge in [0.2, 0.25) is 5.89 Å². The minimum absolute atomic E-state index is 0.304. The van der Waals surface area contributed by atoms with E-state index in [0.717, 1.165) is 5.56 Å². The molecule has 0 aliphatic carbocycles. The Balaban J connectivity index is 1.60. The predicted octanol–water partition coefficient (Wildman–Crippen LogP) is 5.43. The lowest BCUT2D eigenvalue weighted by Gasteiger charge is -2.09. The number of hydrogen-bond donors (Lipinski definition) is 1. The average molecular weight is 439 g/mol. The monoisotopic (exact) mass is 438 g/mol. The Bertz CT molecular complexity index is 1250. The van der Waals surface area contributed by atoms with E-state index in [4.69, 9.17) is 30.2 Å². The zero-order valence-electron chi connectivity index (χ0n) is 17.1. The zero-order chi connectivity index (χ0) is 22.0. The first-order chi connectivity index (χ1) is 15.0. The lowest BCUT2D eigenvalue weighted by atomic mass is 10.1. The number of benzene rings is 3. The van der Waals surface area contributed by atoms with Gasteiger partial charge in [0.25, 0.3) is 5.91 Å². The lowest BCUT2D eigenvalue weighted by molar-refractivity contribution is 0.102. The van der Waals surface area contributed by atoms with Crippen LogP contribution in [0.25, 0.3) is 22.6 Å². The number of nitrogens with zero attached hydrogens (tertiary/aromatic N) is 1. The van der Waals surface area contributed by atoms with Gasteiger partial charge in [0.15, 0.2) is 5.58 Å². The first-order valence-corrected chi connectivity index (χ1v) is 9.67. The summed E-state index contributed by atoms with van der Waals surface area (Å²) in [4.78, 5) is 17.2. The van der Waals surface area contributed by atoms with Crippen LogP contribution in [-0.4, -0.2) is 32.2 Å². The number of amides is 1. The number of aromatic nitrogens is 1. The number of anilines is 1. The van der Waals surface area contributed by atoms with Crippen molar-refractivity contribution in [3.8, 4) is 28.7 Å². The Morgan fingerprint density at radius 2 is 1.68 bits per heavy atom. The van der Waals surface area contributed by atoms with Crippen molar-refractivity contribution in [1.29, 1.82) is 0 Å². The lowest BCUT2D eigenvalue weighted by Crippen LogP contribution is -2.12. The van der Waals surface area contributed by atoms with Gasteiger partial charge in [-0.15, -0.1) is 0 Å². The molecule has 0 spiro atoms. The molecule has 4 rings (SSSR count). The first kappa shape index (κ1) is 20.6. The highest BCUT2D eigenvalue weighted by molar-refractivity contribution is 6.32. The molecule has 1 amide bonds. The molecule has 1 aromatic heterocycles. The van der Waals surface area contributed by atoms with E-state index in [1.54, 1.807) is 55.6 Å². The molecule has 0 atom stereocenters. The van der Waals surface area contributed by atoms with Crippen molar-refractivity contribution in [3.05, 3.63) is 65.2 Å². The molecule has 0 radical (unpaired) electrons. The standard InChI is InChI=1S/C23H19ClN2O5/c1-28-16-8-14(9-17(12-16)29-2)22(27)25-15-5-7-21-19(11-15)26-23(31-21)13-4-6-20(30-3)18(24)10-13/h4-12H,1-3H3,(H,25,27). The molecule has 0 unspecified atom stereocenters. The van der Waals surface area contributed by atoms with Gasteiger partial charge in [-0.05, 0) is 48.5 Å². The molecule has 0 fully saturated rings. The van der Waals surface area contributed by atoms with Crippen molar-refractivity contribution in [3.63, 3.8) is 0 Å². The van der Waals surface area contributed by atoms with Gasteiger partial charge in [-0.2, -0.15) is 0 Å². The third-order valence-electron chi connectivity index (χ3n) is 4.66. The van der Waals surface area contributed by atoms with Crippen LogP contribution in [0.4, 0.5) is 5.69 Å². The van der Waals surface area contributed by atoms with Gasteiger partial charge in [-0.1, -0.05) is 11.6 Å². The van der Waals surface area contributed by atoms with Crippen LogP contribution in [0.1, 0.15) is 10.4 Å². The third-order valence-corrected chi connectivity index (χ3v) is 4.95. The minimum atomic E-state index is -0.304. The largest absolute Gasteiger partial charge is 0.497 e. The maximum atomic E-state index is 12.7. The topological polar surface area (TPSA) is 82.8 Å². The summed E-state index contributed by atoms with van der Waals surface area (Å²) in [5, 5.41) is 3.32. The Hall–Kier alpha value is -3.71. The Morgan fingerprint density at radius 3 is 2.32 bits per heavy atom. The summed E-state index contributed by atoms with van der Waals surface area (Å²) in [6, 6.07) is 15.5. The molecule has 0 bridgehead atoms. The Kier molecular flexibility index (Phi) is 5.68. The molecule has 7 nitrogen and oxygen atoms in total. The predicted molar refractivity (Wildman–Crippen MR) is 119 cm³/mol. The van der Waals surface area contributed by atoms with Crippen molar-refractivity contribution < 1.29 is 23.4 Å². The molecule has 0 aliphatic heterocycles. The summed E-state index contributed by atoms with van der Waals surface area (Å²) in [7, 11) is 4.61. The van der Waals surface area contributed by atoms with Gasteiger partial charge in [-0.3, -0.25) is 4.79 Å². The number of methoxy groups -OCH3 is 3. The number of nitrogens with one attached hydrogen (secondary N) is 1. The summed E-state index contributed by atoms with van der Waals surface area (Å²) < 4.78 is 21.5. The summed E-state index contributed by atoms with van der Waals surface area (Å²) in [5.74, 6) is 1.74. The van der Waals surface area contributed by atoms with Gasteiger partial charge in [0.05, 0.1) is 26.4 Å². The van der Waals surface area contributed by atoms with Crippen molar-refractivity contribution in [2.75, 3.05) is 26.6 Å². The highest BCUT2D eigenvalue weighted by atomic mass is 35.5. The molecule has 1 heterocycles. The maximum absolute atomic E-state index is 12.7. The van der Waals surface area contributed by atoms with Crippen molar-refractivity contribution >= 4 is 34.3 Å². The number of ether oxygens (including phenoxy) is 3. The minimum Gasteiger partial charge on any atom is -0.497 e. The van der Waals surface area contributed by atoms with Crippen LogP contribution in [0, 0.1) is 0 Å². The summed E-state index contributed by atoms with van der Waals surface area (Å²) >= 11 is 6.20. The number of halogens is 1. The summed E-state index contributed by atoms with van der Waals surface area (Å²) in [6.45, 7) is 0. The molecule has 8 heteroatoms. The molecular formula is C23H19ClN2O5. The number of oxazole rings is 1. The molecular weight excluding hydrogens is 420 g/mol.